The van der Waals surface area contributed by atoms with Crippen molar-refractivity contribution < 1.29 is 17.9 Å². The van der Waals surface area contributed by atoms with Gasteiger partial charge < -0.3 is 4.74 Å². The largest absolute Gasteiger partial charge is 0.427 e. The number of hydrogen-bond acceptors (Lipinski definition) is 4. The molecule has 1 aliphatic rings. The van der Waals surface area contributed by atoms with Crippen molar-refractivity contribution >= 4 is 15.8 Å². The molecule has 1 saturated heterocycles. The second-order valence-electron chi connectivity index (χ2n) is 5.84. The van der Waals surface area contributed by atoms with Crippen LogP contribution in [0.2, 0.25) is 0 Å². The Hall–Kier alpha value is -2.14. The van der Waals surface area contributed by atoms with Crippen molar-refractivity contribution in [1.29, 1.82) is 0 Å². The van der Waals surface area contributed by atoms with E-state index < -0.39 is 9.84 Å². The first-order valence-electron chi connectivity index (χ1n) is 7.58. The second kappa shape index (κ2) is 6.54. The Labute approximate surface area is 136 Å². The molecule has 0 bridgehead atoms. The Bertz CT molecular complexity index is 780. The summed E-state index contributed by atoms with van der Waals surface area (Å²) in [7, 11) is -2.96. The quantitative estimate of drug-likeness (QED) is 0.638. The fraction of sp³-hybridized carbons (Fsp3) is 0.278. The molecule has 5 heteroatoms. The zero-order valence-electron chi connectivity index (χ0n) is 12.6. The molecule has 0 spiro atoms. The Kier molecular flexibility index (Phi) is 4.48. The van der Waals surface area contributed by atoms with Crippen molar-refractivity contribution in [2.45, 2.75) is 12.8 Å². The first-order valence-corrected chi connectivity index (χ1v) is 9.40. The lowest BCUT2D eigenvalue weighted by atomic mass is 10.1. The van der Waals surface area contributed by atoms with Crippen molar-refractivity contribution in [1.82, 2.24) is 0 Å². The van der Waals surface area contributed by atoms with Gasteiger partial charge in [0.15, 0.2) is 9.84 Å². The number of carbonyl (C=O) groups is 1. The van der Waals surface area contributed by atoms with Crippen molar-refractivity contribution in [3.63, 3.8) is 0 Å². The molecular weight excluding hydrogens is 312 g/mol. The van der Waals surface area contributed by atoms with Gasteiger partial charge >= 0.3 is 5.97 Å². The van der Waals surface area contributed by atoms with Crippen LogP contribution in [-0.4, -0.2) is 25.9 Å². The van der Waals surface area contributed by atoms with Gasteiger partial charge in [-0.15, -0.1) is 0 Å². The molecule has 1 fully saturated rings. The van der Waals surface area contributed by atoms with E-state index in [0.29, 0.717) is 12.2 Å². The molecule has 0 amide bonds. The summed E-state index contributed by atoms with van der Waals surface area (Å²) in [6, 6.07) is 17.2. The van der Waals surface area contributed by atoms with E-state index in [1.807, 2.05) is 42.5 Å². The van der Waals surface area contributed by atoms with Crippen LogP contribution >= 0.6 is 0 Å². The summed E-state index contributed by atoms with van der Waals surface area (Å²) in [5.41, 5.74) is 2.15. The molecule has 0 N–H and O–H groups in total. The molecule has 1 atom stereocenters. The van der Waals surface area contributed by atoms with Crippen LogP contribution in [0.25, 0.3) is 11.1 Å². The highest BCUT2D eigenvalue weighted by molar-refractivity contribution is 7.91. The van der Waals surface area contributed by atoms with E-state index in [1.165, 1.54) is 0 Å². The third kappa shape index (κ3) is 4.20. The minimum Gasteiger partial charge on any atom is -0.427 e. The lowest BCUT2D eigenvalue weighted by Crippen LogP contribution is -2.15. The molecule has 0 aromatic heterocycles. The number of benzene rings is 2. The Balaban J connectivity index is 1.59. The summed E-state index contributed by atoms with van der Waals surface area (Å²) in [4.78, 5) is 11.9. The maximum absolute atomic E-state index is 11.9. The van der Waals surface area contributed by atoms with Gasteiger partial charge in [0, 0.05) is 6.42 Å². The van der Waals surface area contributed by atoms with Crippen molar-refractivity contribution in [2.75, 3.05) is 11.5 Å². The third-order valence-corrected chi connectivity index (χ3v) is 5.81. The monoisotopic (exact) mass is 330 g/mol. The summed E-state index contributed by atoms with van der Waals surface area (Å²) in [5.74, 6) is 0.261. The van der Waals surface area contributed by atoms with Crippen molar-refractivity contribution in [3.8, 4) is 16.9 Å². The molecule has 1 aliphatic heterocycles. The molecule has 0 radical (unpaired) electrons. The van der Waals surface area contributed by atoms with Gasteiger partial charge in [-0.3, -0.25) is 4.79 Å². The zero-order chi connectivity index (χ0) is 16.3. The normalized spacial score (nSPS) is 19.4. The number of sulfone groups is 1. The lowest BCUT2D eigenvalue weighted by molar-refractivity contribution is -0.135. The summed E-state index contributed by atoms with van der Waals surface area (Å²) in [6.45, 7) is 0. The third-order valence-electron chi connectivity index (χ3n) is 3.98. The average Bonchev–Trinajstić information content (AvgIpc) is 2.87. The molecule has 0 unspecified atom stereocenters. The molecule has 3 rings (SSSR count). The molecule has 0 saturated carbocycles. The topological polar surface area (TPSA) is 60.4 Å². The van der Waals surface area contributed by atoms with E-state index in [-0.39, 0.29) is 29.8 Å². The highest BCUT2D eigenvalue weighted by Crippen LogP contribution is 2.24. The van der Waals surface area contributed by atoms with E-state index in [0.717, 1.165) is 11.1 Å². The van der Waals surface area contributed by atoms with Crippen LogP contribution in [0.1, 0.15) is 12.8 Å². The van der Waals surface area contributed by atoms with E-state index in [1.54, 1.807) is 12.1 Å². The summed E-state index contributed by atoms with van der Waals surface area (Å²) >= 11 is 0. The van der Waals surface area contributed by atoms with Gasteiger partial charge in [0.05, 0.1) is 11.5 Å². The molecule has 120 valence electrons. The van der Waals surface area contributed by atoms with E-state index in [9.17, 15) is 13.2 Å². The highest BCUT2D eigenvalue weighted by Gasteiger charge is 2.29. The fourth-order valence-corrected chi connectivity index (χ4v) is 4.65. The van der Waals surface area contributed by atoms with E-state index in [4.69, 9.17) is 4.74 Å². The Morgan fingerprint density at radius 1 is 1.00 bits per heavy atom. The number of esters is 1. The molecule has 23 heavy (non-hydrogen) atoms. The number of rotatable bonds is 4. The molecule has 2 aromatic rings. The van der Waals surface area contributed by atoms with Gasteiger partial charge in [-0.1, -0.05) is 42.5 Å². The van der Waals surface area contributed by atoms with E-state index in [2.05, 4.69) is 0 Å². The van der Waals surface area contributed by atoms with E-state index >= 15 is 0 Å². The Morgan fingerprint density at radius 3 is 2.26 bits per heavy atom. The van der Waals surface area contributed by atoms with Crippen LogP contribution < -0.4 is 4.74 Å². The van der Waals surface area contributed by atoms with Gasteiger partial charge in [-0.25, -0.2) is 8.42 Å². The maximum atomic E-state index is 11.9. The minimum absolute atomic E-state index is 0.0923. The minimum atomic E-state index is -2.96. The fourth-order valence-electron chi connectivity index (χ4n) is 2.79. The maximum Gasteiger partial charge on any atom is 0.311 e. The van der Waals surface area contributed by atoms with Gasteiger partial charge in [0.25, 0.3) is 0 Å². The standard InChI is InChI=1S/C18H18O4S/c19-18(12-14-10-11-23(20,21)13-14)22-17-8-6-16(7-9-17)15-4-2-1-3-5-15/h1-9,14H,10-13H2/t14-/m1/s1. The van der Waals surface area contributed by atoms with Crippen LogP contribution in [0.3, 0.4) is 0 Å². The van der Waals surface area contributed by atoms with Gasteiger partial charge in [-0.2, -0.15) is 0 Å². The number of ether oxygens (including phenoxy) is 1. The van der Waals surface area contributed by atoms with Crippen LogP contribution in [0.15, 0.2) is 54.6 Å². The lowest BCUT2D eigenvalue weighted by Gasteiger charge is -2.08. The van der Waals surface area contributed by atoms with Gasteiger partial charge in [0.1, 0.15) is 5.75 Å². The average molecular weight is 330 g/mol. The van der Waals surface area contributed by atoms with Crippen LogP contribution in [0.4, 0.5) is 0 Å². The summed E-state index contributed by atoms with van der Waals surface area (Å²) in [6.07, 6.45) is 0.698. The number of hydrogen-bond donors (Lipinski definition) is 0. The first kappa shape index (κ1) is 15.7. The smallest absolute Gasteiger partial charge is 0.311 e. The predicted molar refractivity (Wildman–Crippen MR) is 88.9 cm³/mol. The molecule has 2 aromatic carbocycles. The van der Waals surface area contributed by atoms with Crippen molar-refractivity contribution in [3.05, 3.63) is 54.6 Å². The first-order chi connectivity index (χ1) is 11.0. The van der Waals surface area contributed by atoms with Gasteiger partial charge in [0.2, 0.25) is 0 Å². The van der Waals surface area contributed by atoms with Crippen LogP contribution in [0, 0.1) is 5.92 Å². The SMILES string of the molecule is O=C(C[C@H]1CCS(=O)(=O)C1)Oc1ccc(-c2ccccc2)cc1. The van der Waals surface area contributed by atoms with Crippen LogP contribution in [0.5, 0.6) is 5.75 Å². The molecule has 4 nitrogen and oxygen atoms in total. The molecule has 1 heterocycles. The highest BCUT2D eigenvalue weighted by atomic mass is 32.2. The van der Waals surface area contributed by atoms with Gasteiger partial charge in [-0.05, 0) is 35.6 Å². The Morgan fingerprint density at radius 2 is 1.65 bits per heavy atom. The second-order valence-corrected chi connectivity index (χ2v) is 8.07. The summed E-state index contributed by atoms with van der Waals surface area (Å²) < 4.78 is 28.1. The molecule has 0 aliphatic carbocycles. The number of carbonyl (C=O) groups excluding carboxylic acids is 1. The molecular formula is C18H18O4S. The zero-order valence-corrected chi connectivity index (χ0v) is 13.5. The predicted octanol–water partition coefficient (Wildman–Crippen LogP) is 3.08. The summed E-state index contributed by atoms with van der Waals surface area (Å²) in [5, 5.41) is 0. The van der Waals surface area contributed by atoms with Crippen molar-refractivity contribution in [2.24, 2.45) is 5.92 Å². The van der Waals surface area contributed by atoms with Crippen LogP contribution in [-0.2, 0) is 14.6 Å².